The molecular weight excluding hydrogens is 436 g/mol. The number of hydrogen-bond donors (Lipinski definition) is 0. The molecule has 1 heterocycles. The van der Waals surface area contributed by atoms with Crippen LogP contribution >= 0.6 is 0 Å². The zero-order valence-corrected chi connectivity index (χ0v) is 20.8. The summed E-state index contributed by atoms with van der Waals surface area (Å²) in [7, 11) is 1.00. The molecule has 7 rings (SSSR count). The predicted molar refractivity (Wildman–Crippen MR) is 149 cm³/mol. The lowest BCUT2D eigenvalue weighted by atomic mass is 9.88. The molecule has 2 unspecified atom stereocenters. The Labute approximate surface area is 210 Å². The van der Waals surface area contributed by atoms with Gasteiger partial charge in [0.05, 0.1) is 9.52 Å². The molecule has 0 N–H and O–H groups in total. The molecule has 0 spiro atoms. The van der Waals surface area contributed by atoms with Gasteiger partial charge in [0.1, 0.15) is 0 Å². The third-order valence-corrected chi connectivity index (χ3v) is 10.2. The quantitative estimate of drug-likeness (QED) is 0.264. The maximum absolute atomic E-state index is 2.51. The van der Waals surface area contributed by atoms with E-state index in [1.54, 1.807) is 16.7 Å². The van der Waals surface area contributed by atoms with Crippen molar-refractivity contribution in [3.63, 3.8) is 0 Å². The van der Waals surface area contributed by atoms with Gasteiger partial charge in [-0.2, -0.15) is 0 Å². The molecule has 2 radical (unpaired) electrons. The van der Waals surface area contributed by atoms with Crippen LogP contribution in [0.5, 0.6) is 0 Å². The summed E-state index contributed by atoms with van der Waals surface area (Å²) < 4.78 is 0. The summed E-state index contributed by atoms with van der Waals surface area (Å²) in [6.07, 6.45) is 10.8. The normalized spacial score (nSPS) is 20.6. The van der Waals surface area contributed by atoms with Crippen LogP contribution in [0.25, 0.3) is 33.4 Å². The lowest BCUT2D eigenvalue weighted by Crippen LogP contribution is -2.11. The highest BCUT2D eigenvalue weighted by atomic mass is 28.2. The van der Waals surface area contributed by atoms with Crippen LogP contribution < -0.4 is 0 Å². The minimum absolute atomic E-state index is 0.491. The largest absolute Gasteiger partial charge is 0.0805 e. The van der Waals surface area contributed by atoms with Crippen molar-refractivity contribution >= 4 is 9.52 Å². The highest BCUT2D eigenvalue weighted by Gasteiger charge is 2.40. The molecule has 1 fully saturated rings. The Balaban J connectivity index is 1.33. The Morgan fingerprint density at radius 1 is 0.600 bits per heavy atom. The Bertz CT molecular complexity index is 1360. The van der Waals surface area contributed by atoms with Crippen molar-refractivity contribution in [1.82, 2.24) is 0 Å². The highest BCUT2D eigenvalue weighted by Crippen LogP contribution is 2.56. The molecule has 4 aromatic carbocycles. The third kappa shape index (κ3) is 3.66. The molecule has 4 aromatic rings. The molecule has 35 heavy (non-hydrogen) atoms. The van der Waals surface area contributed by atoms with Crippen LogP contribution in [-0.2, 0) is 0 Å². The molecule has 2 aliphatic carbocycles. The van der Waals surface area contributed by atoms with Gasteiger partial charge in [-0.3, -0.25) is 0 Å². The summed E-state index contributed by atoms with van der Waals surface area (Å²) in [5.74, 6) is 0.491. The van der Waals surface area contributed by atoms with Crippen LogP contribution in [0.4, 0.5) is 0 Å². The molecule has 1 aliphatic heterocycles. The first-order chi connectivity index (χ1) is 17.3. The first kappa shape index (κ1) is 20.9. The van der Waals surface area contributed by atoms with Gasteiger partial charge in [-0.25, -0.2) is 0 Å². The molecule has 0 amide bonds. The van der Waals surface area contributed by atoms with E-state index in [9.17, 15) is 0 Å². The SMILES string of the molecule is C1=CCC(C2CCC(C3c4cc(-c5ccccc5)ccc4-c4ccc(-c5ccccc5)cc43)[Si]2)=C1. The van der Waals surface area contributed by atoms with Gasteiger partial charge in [0.2, 0.25) is 0 Å². The molecule has 168 valence electrons. The van der Waals surface area contributed by atoms with Crippen LogP contribution in [0.3, 0.4) is 0 Å². The monoisotopic (exact) mass is 464 g/mol. The second-order valence-electron chi connectivity index (χ2n) is 10.1. The predicted octanol–water partition coefficient (Wildman–Crippen LogP) is 9.09. The molecule has 1 heteroatoms. The van der Waals surface area contributed by atoms with E-state index in [0.29, 0.717) is 5.92 Å². The zero-order chi connectivity index (χ0) is 23.2. The first-order valence-corrected chi connectivity index (χ1v) is 14.0. The van der Waals surface area contributed by atoms with E-state index in [1.165, 1.54) is 52.6 Å². The van der Waals surface area contributed by atoms with Gasteiger partial charge in [0.25, 0.3) is 0 Å². The third-order valence-electron chi connectivity index (χ3n) is 8.11. The van der Waals surface area contributed by atoms with Crippen LogP contribution in [0, 0.1) is 0 Å². The van der Waals surface area contributed by atoms with Gasteiger partial charge >= 0.3 is 0 Å². The van der Waals surface area contributed by atoms with Gasteiger partial charge < -0.3 is 0 Å². The Morgan fingerprint density at radius 3 is 1.74 bits per heavy atom. The summed E-state index contributed by atoms with van der Waals surface area (Å²) in [4.78, 5) is 0. The fourth-order valence-electron chi connectivity index (χ4n) is 6.40. The maximum atomic E-state index is 2.51. The van der Waals surface area contributed by atoms with Crippen molar-refractivity contribution < 1.29 is 0 Å². The maximum Gasteiger partial charge on any atom is 0.0513 e. The van der Waals surface area contributed by atoms with Crippen LogP contribution in [0.15, 0.2) is 121 Å². The topological polar surface area (TPSA) is 0 Å². The smallest absolute Gasteiger partial charge is 0.0513 e. The number of fused-ring (bicyclic) bond motifs is 3. The average Bonchev–Trinajstić information content (AvgIpc) is 3.68. The van der Waals surface area contributed by atoms with Gasteiger partial charge in [0.15, 0.2) is 0 Å². The molecular formula is C34H28Si. The van der Waals surface area contributed by atoms with Crippen LogP contribution in [0.2, 0.25) is 11.1 Å². The van der Waals surface area contributed by atoms with Crippen molar-refractivity contribution in [2.45, 2.75) is 36.3 Å². The second-order valence-corrected chi connectivity index (χ2v) is 11.9. The fourth-order valence-corrected chi connectivity index (χ4v) is 8.56. The van der Waals surface area contributed by atoms with E-state index in [-0.39, 0.29) is 0 Å². The summed E-state index contributed by atoms with van der Waals surface area (Å²) in [6, 6.07) is 36.2. The van der Waals surface area contributed by atoms with Crippen LogP contribution in [0.1, 0.15) is 36.3 Å². The van der Waals surface area contributed by atoms with Gasteiger partial charge in [-0.15, -0.1) is 0 Å². The second kappa shape index (κ2) is 8.66. The molecule has 1 saturated heterocycles. The molecule has 0 saturated carbocycles. The number of hydrogen-bond acceptors (Lipinski definition) is 0. The molecule has 3 aliphatic rings. The summed E-state index contributed by atoms with van der Waals surface area (Å²) in [6.45, 7) is 0. The van der Waals surface area contributed by atoms with Crippen molar-refractivity contribution in [2.75, 3.05) is 0 Å². The van der Waals surface area contributed by atoms with E-state index in [4.69, 9.17) is 0 Å². The van der Waals surface area contributed by atoms with Crippen LogP contribution in [-0.4, -0.2) is 9.52 Å². The lowest BCUT2D eigenvalue weighted by Gasteiger charge is -2.22. The van der Waals surface area contributed by atoms with Crippen molar-refractivity contribution in [3.05, 3.63) is 132 Å². The minimum Gasteiger partial charge on any atom is -0.0805 e. The van der Waals surface area contributed by atoms with E-state index < -0.39 is 0 Å². The Hall–Kier alpha value is -3.42. The van der Waals surface area contributed by atoms with Gasteiger partial charge in [-0.1, -0.05) is 115 Å². The highest BCUT2D eigenvalue weighted by molar-refractivity contribution is 6.42. The summed E-state index contributed by atoms with van der Waals surface area (Å²) in [5.41, 5.74) is 14.4. The minimum atomic E-state index is 0.491. The summed E-state index contributed by atoms with van der Waals surface area (Å²) in [5, 5.41) is 0. The van der Waals surface area contributed by atoms with Gasteiger partial charge in [-0.05, 0) is 80.6 Å². The Morgan fingerprint density at radius 2 is 1.20 bits per heavy atom. The lowest BCUT2D eigenvalue weighted by molar-refractivity contribution is 0.677. The van der Waals surface area contributed by atoms with Crippen molar-refractivity contribution in [2.24, 2.45) is 0 Å². The number of rotatable bonds is 4. The standard InChI is InChI=1S/C34H28Si/c1-3-9-23(10-4-1)26-15-17-28-29-18-16-27(24-11-5-2-6-12-24)22-31(29)34(30(28)21-26)33-20-19-32(35-33)25-13-7-8-14-25/h1-13,15-18,21-22,32-34H,14,19-20H2. The zero-order valence-electron chi connectivity index (χ0n) is 19.8. The van der Waals surface area contributed by atoms with E-state index >= 15 is 0 Å². The van der Waals surface area contributed by atoms with Crippen molar-refractivity contribution in [3.8, 4) is 33.4 Å². The van der Waals surface area contributed by atoms with Gasteiger partial charge in [0, 0.05) is 5.92 Å². The fraction of sp³-hybridized carbons (Fsp3) is 0.176. The number of allylic oxidation sites excluding steroid dienone is 4. The Kier molecular flexibility index (Phi) is 5.17. The van der Waals surface area contributed by atoms with E-state index in [0.717, 1.165) is 20.6 Å². The average molecular weight is 465 g/mol. The molecule has 0 bridgehead atoms. The van der Waals surface area contributed by atoms with E-state index in [2.05, 4.69) is 115 Å². The molecule has 0 aromatic heterocycles. The summed E-state index contributed by atoms with van der Waals surface area (Å²) >= 11 is 0. The van der Waals surface area contributed by atoms with Crippen molar-refractivity contribution in [1.29, 1.82) is 0 Å². The molecule has 0 nitrogen and oxygen atoms in total. The van der Waals surface area contributed by atoms with E-state index in [1.807, 2.05) is 0 Å². The first-order valence-electron chi connectivity index (χ1n) is 12.9. The number of benzene rings is 4. The molecule has 2 atom stereocenters.